The molecule has 0 spiro atoms. The van der Waals surface area contributed by atoms with Gasteiger partial charge in [0.15, 0.2) is 0 Å². The van der Waals surface area contributed by atoms with Crippen LogP contribution >= 0.6 is 0 Å². The number of nitrogens with one attached hydrogen (secondary N) is 1. The SMILES string of the molecule is CCCc1nc(N)c(C)c(NCC2(O)CCOCC2)n1. The fraction of sp³-hybridized carbons (Fsp3) is 0.714. The van der Waals surface area contributed by atoms with Crippen LogP contribution < -0.4 is 11.1 Å². The van der Waals surface area contributed by atoms with Gasteiger partial charge in [-0.25, -0.2) is 9.97 Å². The first-order chi connectivity index (χ1) is 9.54. The topological polar surface area (TPSA) is 93.3 Å². The summed E-state index contributed by atoms with van der Waals surface area (Å²) in [5, 5.41) is 13.7. The highest BCUT2D eigenvalue weighted by molar-refractivity contribution is 5.54. The predicted octanol–water partition coefficient (Wildman–Crippen LogP) is 1.27. The van der Waals surface area contributed by atoms with Crippen LogP contribution in [0.2, 0.25) is 0 Å². The Morgan fingerprint density at radius 1 is 1.35 bits per heavy atom. The van der Waals surface area contributed by atoms with E-state index < -0.39 is 5.60 Å². The van der Waals surface area contributed by atoms with Crippen LogP contribution in [0.5, 0.6) is 0 Å². The van der Waals surface area contributed by atoms with Gasteiger partial charge in [-0.3, -0.25) is 0 Å². The predicted molar refractivity (Wildman–Crippen MR) is 78.7 cm³/mol. The summed E-state index contributed by atoms with van der Waals surface area (Å²) in [6.07, 6.45) is 3.06. The van der Waals surface area contributed by atoms with E-state index in [1.807, 2.05) is 6.92 Å². The van der Waals surface area contributed by atoms with E-state index in [2.05, 4.69) is 22.2 Å². The standard InChI is InChI=1S/C14H24N4O2/c1-3-4-11-17-12(15)10(2)13(18-11)16-9-14(19)5-7-20-8-6-14/h19H,3-9H2,1-2H3,(H3,15,16,17,18). The van der Waals surface area contributed by atoms with Crippen LogP contribution in [0.4, 0.5) is 11.6 Å². The van der Waals surface area contributed by atoms with E-state index in [1.54, 1.807) is 0 Å². The number of nitrogen functional groups attached to an aromatic ring is 1. The first kappa shape index (κ1) is 15.0. The van der Waals surface area contributed by atoms with Gasteiger partial charge in [-0.2, -0.15) is 0 Å². The highest BCUT2D eigenvalue weighted by atomic mass is 16.5. The quantitative estimate of drug-likeness (QED) is 0.752. The largest absolute Gasteiger partial charge is 0.388 e. The van der Waals surface area contributed by atoms with Crippen molar-refractivity contribution in [2.75, 3.05) is 30.8 Å². The summed E-state index contributed by atoms with van der Waals surface area (Å²) in [6.45, 7) is 5.63. The molecule has 2 rings (SSSR count). The van der Waals surface area contributed by atoms with Crippen molar-refractivity contribution in [1.82, 2.24) is 9.97 Å². The first-order valence-corrected chi connectivity index (χ1v) is 7.21. The summed E-state index contributed by atoms with van der Waals surface area (Å²) in [5.41, 5.74) is 6.03. The number of aliphatic hydroxyl groups is 1. The molecule has 0 bridgehead atoms. The van der Waals surface area contributed by atoms with E-state index in [0.717, 1.165) is 30.0 Å². The maximum atomic E-state index is 10.4. The van der Waals surface area contributed by atoms with Crippen LogP contribution in [0.25, 0.3) is 0 Å². The number of anilines is 2. The van der Waals surface area contributed by atoms with E-state index in [4.69, 9.17) is 10.5 Å². The molecule has 6 nitrogen and oxygen atoms in total. The number of rotatable bonds is 5. The van der Waals surface area contributed by atoms with Crippen molar-refractivity contribution in [3.63, 3.8) is 0 Å². The molecule has 0 unspecified atom stereocenters. The third-order valence-corrected chi connectivity index (χ3v) is 3.71. The second kappa shape index (κ2) is 6.37. The Morgan fingerprint density at radius 2 is 2.05 bits per heavy atom. The molecule has 1 aromatic rings. The molecule has 2 heterocycles. The van der Waals surface area contributed by atoms with Gasteiger partial charge in [-0.05, 0) is 13.3 Å². The molecule has 0 amide bonds. The van der Waals surface area contributed by atoms with Gasteiger partial charge in [0.25, 0.3) is 0 Å². The van der Waals surface area contributed by atoms with Crippen LogP contribution in [0, 0.1) is 6.92 Å². The molecule has 1 aromatic heterocycles. The van der Waals surface area contributed by atoms with E-state index >= 15 is 0 Å². The van der Waals surface area contributed by atoms with E-state index in [1.165, 1.54) is 0 Å². The van der Waals surface area contributed by atoms with Crippen molar-refractivity contribution >= 4 is 11.6 Å². The molecule has 1 aliphatic rings. The highest BCUT2D eigenvalue weighted by Crippen LogP contribution is 2.23. The molecular weight excluding hydrogens is 256 g/mol. The number of nitrogens with zero attached hydrogens (tertiary/aromatic N) is 2. The molecule has 0 aromatic carbocycles. The molecule has 1 saturated heterocycles. The van der Waals surface area contributed by atoms with Crippen molar-refractivity contribution in [2.45, 2.75) is 45.1 Å². The van der Waals surface area contributed by atoms with Crippen LogP contribution in [-0.4, -0.2) is 40.4 Å². The van der Waals surface area contributed by atoms with Gasteiger partial charge in [0.1, 0.15) is 17.5 Å². The Bertz CT molecular complexity index is 459. The van der Waals surface area contributed by atoms with E-state index in [0.29, 0.717) is 38.4 Å². The molecule has 112 valence electrons. The molecule has 0 aliphatic carbocycles. The van der Waals surface area contributed by atoms with Crippen molar-refractivity contribution in [3.8, 4) is 0 Å². The van der Waals surface area contributed by atoms with Crippen molar-refractivity contribution in [3.05, 3.63) is 11.4 Å². The smallest absolute Gasteiger partial charge is 0.134 e. The molecule has 0 saturated carbocycles. The molecule has 1 aliphatic heterocycles. The number of ether oxygens (including phenoxy) is 1. The Labute approximate surface area is 119 Å². The fourth-order valence-electron chi connectivity index (χ4n) is 2.27. The number of aryl methyl sites for hydroxylation is 1. The summed E-state index contributed by atoms with van der Waals surface area (Å²) < 4.78 is 5.28. The molecule has 0 atom stereocenters. The Balaban J connectivity index is 2.08. The monoisotopic (exact) mass is 280 g/mol. The van der Waals surface area contributed by atoms with Crippen LogP contribution in [0.15, 0.2) is 0 Å². The number of aromatic nitrogens is 2. The lowest BCUT2D eigenvalue weighted by Crippen LogP contribution is -2.42. The van der Waals surface area contributed by atoms with Gasteiger partial charge >= 0.3 is 0 Å². The minimum atomic E-state index is -0.727. The number of hydrogen-bond acceptors (Lipinski definition) is 6. The molecular formula is C14H24N4O2. The third kappa shape index (κ3) is 3.58. The highest BCUT2D eigenvalue weighted by Gasteiger charge is 2.29. The maximum absolute atomic E-state index is 10.4. The van der Waals surface area contributed by atoms with Crippen molar-refractivity contribution in [1.29, 1.82) is 0 Å². The van der Waals surface area contributed by atoms with Gasteiger partial charge in [-0.1, -0.05) is 6.92 Å². The minimum Gasteiger partial charge on any atom is -0.388 e. The first-order valence-electron chi connectivity index (χ1n) is 7.21. The Morgan fingerprint density at radius 3 is 2.70 bits per heavy atom. The summed E-state index contributed by atoms with van der Waals surface area (Å²) in [5.74, 6) is 1.97. The zero-order valence-corrected chi connectivity index (χ0v) is 12.3. The average Bonchev–Trinajstić information content (AvgIpc) is 2.42. The zero-order chi connectivity index (χ0) is 14.6. The molecule has 20 heavy (non-hydrogen) atoms. The van der Waals surface area contributed by atoms with Crippen LogP contribution in [0.1, 0.15) is 37.6 Å². The second-order valence-corrected chi connectivity index (χ2v) is 5.44. The minimum absolute atomic E-state index is 0.458. The summed E-state index contributed by atoms with van der Waals surface area (Å²) in [7, 11) is 0. The molecule has 0 radical (unpaired) electrons. The molecule has 4 N–H and O–H groups in total. The van der Waals surface area contributed by atoms with Gasteiger partial charge < -0.3 is 20.9 Å². The number of hydrogen-bond donors (Lipinski definition) is 3. The van der Waals surface area contributed by atoms with Gasteiger partial charge in [0.2, 0.25) is 0 Å². The van der Waals surface area contributed by atoms with E-state index in [9.17, 15) is 5.11 Å². The Hall–Kier alpha value is -1.40. The zero-order valence-electron chi connectivity index (χ0n) is 12.3. The lowest BCUT2D eigenvalue weighted by Gasteiger charge is -2.32. The van der Waals surface area contributed by atoms with Gasteiger partial charge in [0.05, 0.1) is 5.60 Å². The summed E-state index contributed by atoms with van der Waals surface area (Å²) in [4.78, 5) is 8.77. The fourth-order valence-corrected chi connectivity index (χ4v) is 2.27. The van der Waals surface area contributed by atoms with Crippen molar-refractivity contribution in [2.24, 2.45) is 0 Å². The third-order valence-electron chi connectivity index (χ3n) is 3.71. The molecule has 6 heteroatoms. The summed E-state index contributed by atoms with van der Waals surface area (Å²) >= 11 is 0. The lowest BCUT2D eigenvalue weighted by molar-refractivity contribution is -0.0543. The van der Waals surface area contributed by atoms with Gasteiger partial charge in [0, 0.05) is 44.6 Å². The summed E-state index contributed by atoms with van der Waals surface area (Å²) in [6, 6.07) is 0. The average molecular weight is 280 g/mol. The maximum Gasteiger partial charge on any atom is 0.134 e. The van der Waals surface area contributed by atoms with Crippen LogP contribution in [-0.2, 0) is 11.2 Å². The number of nitrogens with two attached hydrogens (primary N) is 1. The van der Waals surface area contributed by atoms with Crippen molar-refractivity contribution < 1.29 is 9.84 Å². The lowest BCUT2D eigenvalue weighted by atomic mass is 9.94. The van der Waals surface area contributed by atoms with Crippen LogP contribution in [0.3, 0.4) is 0 Å². The van der Waals surface area contributed by atoms with Gasteiger partial charge in [-0.15, -0.1) is 0 Å². The second-order valence-electron chi connectivity index (χ2n) is 5.44. The molecule has 1 fully saturated rings. The Kier molecular flexibility index (Phi) is 4.77. The normalized spacial score (nSPS) is 17.9. The van der Waals surface area contributed by atoms with E-state index in [-0.39, 0.29) is 0 Å².